The number of esters is 1. The van der Waals surface area contributed by atoms with Crippen molar-refractivity contribution in [2.45, 2.75) is 26.6 Å². The summed E-state index contributed by atoms with van der Waals surface area (Å²) >= 11 is 0. The first-order valence-electron chi connectivity index (χ1n) is 12.1. The Bertz CT molecular complexity index is 1380. The highest BCUT2D eigenvalue weighted by atomic mass is 16.5. The Kier molecular flexibility index (Phi) is 8.86. The first kappa shape index (κ1) is 26.2. The van der Waals surface area contributed by atoms with Crippen LogP contribution in [-0.4, -0.2) is 24.2 Å². The van der Waals surface area contributed by atoms with Crippen LogP contribution in [0.2, 0.25) is 0 Å². The van der Waals surface area contributed by atoms with Gasteiger partial charge in [-0.2, -0.15) is 5.10 Å². The van der Waals surface area contributed by atoms with Crippen LogP contribution in [-0.2, 0) is 11.4 Å². The van der Waals surface area contributed by atoms with E-state index in [1.54, 1.807) is 67.6 Å². The van der Waals surface area contributed by atoms with Crippen molar-refractivity contribution in [3.8, 4) is 17.2 Å². The molecule has 0 saturated heterocycles. The molecule has 0 aliphatic carbocycles. The zero-order valence-corrected chi connectivity index (χ0v) is 21.2. The molecule has 38 heavy (non-hydrogen) atoms. The van der Waals surface area contributed by atoms with Gasteiger partial charge >= 0.3 is 5.97 Å². The van der Waals surface area contributed by atoms with E-state index in [-0.39, 0.29) is 0 Å². The molecular weight excluding hydrogens is 480 g/mol. The summed E-state index contributed by atoms with van der Waals surface area (Å²) in [7, 11) is 0. The van der Waals surface area contributed by atoms with E-state index < -0.39 is 18.0 Å². The third-order valence-electron chi connectivity index (χ3n) is 5.49. The molecule has 1 amide bonds. The second kappa shape index (κ2) is 12.9. The maximum atomic E-state index is 12.4. The molecule has 0 spiro atoms. The predicted molar refractivity (Wildman–Crippen MR) is 146 cm³/mol. The highest BCUT2D eigenvalue weighted by Gasteiger charge is 2.14. The van der Waals surface area contributed by atoms with Gasteiger partial charge in [0.05, 0.1) is 11.8 Å². The smallest absolute Gasteiger partial charge is 0.343 e. The van der Waals surface area contributed by atoms with Gasteiger partial charge in [-0.05, 0) is 85.6 Å². The summed E-state index contributed by atoms with van der Waals surface area (Å²) in [5.41, 5.74) is 5.74. The van der Waals surface area contributed by atoms with E-state index in [9.17, 15) is 9.59 Å². The van der Waals surface area contributed by atoms with Crippen LogP contribution < -0.4 is 19.6 Å². The molecule has 4 rings (SSSR count). The Morgan fingerprint density at radius 3 is 2.24 bits per heavy atom. The van der Waals surface area contributed by atoms with Gasteiger partial charge in [0.25, 0.3) is 5.91 Å². The van der Waals surface area contributed by atoms with E-state index in [1.807, 2.05) is 49.4 Å². The van der Waals surface area contributed by atoms with E-state index in [0.717, 1.165) is 16.7 Å². The molecule has 0 heterocycles. The molecule has 0 saturated carbocycles. The monoisotopic (exact) mass is 508 g/mol. The molecule has 7 nitrogen and oxygen atoms in total. The Labute approximate surface area is 221 Å². The number of aryl methyl sites for hydroxylation is 1. The topological polar surface area (TPSA) is 86.2 Å². The predicted octanol–water partition coefficient (Wildman–Crippen LogP) is 5.71. The second-order valence-corrected chi connectivity index (χ2v) is 8.57. The lowest BCUT2D eigenvalue weighted by atomic mass is 10.1. The van der Waals surface area contributed by atoms with Gasteiger partial charge in [0, 0.05) is 0 Å². The molecule has 0 aliphatic rings. The standard InChI is InChI=1S/C31H28N2O5/c1-22-7-6-10-26(19-22)31(35)38-29-13-11-24(12-14-29)20-32-33-30(34)23(2)37-28-17-15-27(16-18-28)36-21-25-8-4-3-5-9-25/h3-20,23H,21H2,1-2H3,(H,33,34)/b32-20+. The largest absolute Gasteiger partial charge is 0.489 e. The fraction of sp³-hybridized carbons (Fsp3) is 0.129. The molecular formula is C31H28N2O5. The number of nitrogens with one attached hydrogen (secondary N) is 1. The van der Waals surface area contributed by atoms with Crippen LogP contribution in [0.3, 0.4) is 0 Å². The minimum atomic E-state index is -0.758. The Hall–Kier alpha value is -4.91. The molecule has 0 radical (unpaired) electrons. The van der Waals surface area contributed by atoms with E-state index >= 15 is 0 Å². The lowest BCUT2D eigenvalue weighted by Crippen LogP contribution is -2.33. The van der Waals surface area contributed by atoms with Crippen LogP contribution in [0, 0.1) is 6.92 Å². The van der Waals surface area contributed by atoms with Crippen molar-refractivity contribution in [1.82, 2.24) is 5.43 Å². The molecule has 4 aromatic rings. The van der Waals surface area contributed by atoms with E-state index in [4.69, 9.17) is 14.2 Å². The van der Waals surface area contributed by atoms with Crippen LogP contribution in [0.25, 0.3) is 0 Å². The van der Waals surface area contributed by atoms with Gasteiger partial charge in [0.2, 0.25) is 0 Å². The summed E-state index contributed by atoms with van der Waals surface area (Å²) in [4.78, 5) is 24.6. The summed E-state index contributed by atoms with van der Waals surface area (Å²) in [5, 5.41) is 3.99. The van der Waals surface area contributed by atoms with Crippen molar-refractivity contribution in [1.29, 1.82) is 0 Å². The maximum Gasteiger partial charge on any atom is 0.343 e. The van der Waals surface area contributed by atoms with Gasteiger partial charge < -0.3 is 14.2 Å². The van der Waals surface area contributed by atoms with Crippen molar-refractivity contribution in [3.63, 3.8) is 0 Å². The zero-order valence-electron chi connectivity index (χ0n) is 21.2. The number of nitrogens with zero attached hydrogens (tertiary/aromatic N) is 1. The molecule has 0 aliphatic heterocycles. The third kappa shape index (κ3) is 7.80. The minimum Gasteiger partial charge on any atom is -0.489 e. The van der Waals surface area contributed by atoms with Crippen molar-refractivity contribution >= 4 is 18.1 Å². The number of carbonyl (C=O) groups is 2. The average Bonchev–Trinajstić information content (AvgIpc) is 2.94. The number of rotatable bonds is 10. The molecule has 192 valence electrons. The molecule has 0 bridgehead atoms. The number of benzene rings is 4. The quantitative estimate of drug-likeness (QED) is 0.128. The van der Waals surface area contributed by atoms with Crippen LogP contribution in [0.5, 0.6) is 17.2 Å². The third-order valence-corrected chi connectivity index (χ3v) is 5.49. The van der Waals surface area contributed by atoms with Gasteiger partial charge in [-0.3, -0.25) is 4.79 Å². The van der Waals surface area contributed by atoms with E-state index in [2.05, 4.69) is 10.5 Å². The number of carbonyl (C=O) groups excluding carboxylic acids is 2. The van der Waals surface area contributed by atoms with E-state index in [0.29, 0.717) is 29.4 Å². The molecule has 1 unspecified atom stereocenters. The molecule has 1 N–H and O–H groups in total. The van der Waals surface area contributed by atoms with Gasteiger partial charge in [-0.25, -0.2) is 10.2 Å². The van der Waals surface area contributed by atoms with Crippen LogP contribution >= 0.6 is 0 Å². The van der Waals surface area contributed by atoms with Crippen LogP contribution in [0.1, 0.15) is 34.0 Å². The van der Waals surface area contributed by atoms with Gasteiger partial charge in [0.1, 0.15) is 23.9 Å². The summed E-state index contributed by atoms with van der Waals surface area (Å²) < 4.78 is 16.9. The normalized spacial score (nSPS) is 11.5. The second-order valence-electron chi connectivity index (χ2n) is 8.57. The van der Waals surface area contributed by atoms with Crippen molar-refractivity contribution in [2.24, 2.45) is 5.10 Å². The van der Waals surface area contributed by atoms with Gasteiger partial charge in [-0.15, -0.1) is 0 Å². The SMILES string of the molecule is Cc1cccc(C(=O)Oc2ccc(/C=N/NC(=O)C(C)Oc3ccc(OCc4ccccc4)cc3)cc2)c1. The number of hydrogen-bond acceptors (Lipinski definition) is 6. The lowest BCUT2D eigenvalue weighted by Gasteiger charge is -2.13. The molecule has 4 aromatic carbocycles. The average molecular weight is 509 g/mol. The van der Waals surface area contributed by atoms with Crippen LogP contribution in [0.15, 0.2) is 108 Å². The molecule has 1 atom stereocenters. The van der Waals surface area contributed by atoms with Crippen molar-refractivity contribution < 1.29 is 23.8 Å². The fourth-order valence-electron chi connectivity index (χ4n) is 3.43. The Balaban J connectivity index is 1.21. The zero-order chi connectivity index (χ0) is 26.7. The number of hydrazone groups is 1. The summed E-state index contributed by atoms with van der Waals surface area (Å²) in [5.74, 6) is 0.842. The minimum absolute atomic E-state index is 0.394. The fourth-order valence-corrected chi connectivity index (χ4v) is 3.43. The van der Waals surface area contributed by atoms with Crippen LogP contribution in [0.4, 0.5) is 0 Å². The molecule has 0 aromatic heterocycles. The summed E-state index contributed by atoms with van der Waals surface area (Å²) in [6.07, 6.45) is 0.738. The highest BCUT2D eigenvalue weighted by Crippen LogP contribution is 2.20. The van der Waals surface area contributed by atoms with Crippen molar-refractivity contribution in [3.05, 3.63) is 125 Å². The first-order valence-corrected chi connectivity index (χ1v) is 12.1. The van der Waals surface area contributed by atoms with E-state index in [1.165, 1.54) is 6.21 Å². The molecule has 7 heteroatoms. The maximum absolute atomic E-state index is 12.4. The Morgan fingerprint density at radius 1 is 0.842 bits per heavy atom. The first-order chi connectivity index (χ1) is 18.5. The van der Waals surface area contributed by atoms with Crippen molar-refractivity contribution in [2.75, 3.05) is 0 Å². The highest BCUT2D eigenvalue weighted by molar-refractivity contribution is 5.91. The number of amides is 1. The Morgan fingerprint density at radius 2 is 1.53 bits per heavy atom. The number of ether oxygens (including phenoxy) is 3. The summed E-state index contributed by atoms with van der Waals surface area (Å²) in [6.45, 7) is 4.03. The van der Waals surface area contributed by atoms with Gasteiger partial charge in [0.15, 0.2) is 6.10 Å². The number of hydrogen-bond donors (Lipinski definition) is 1. The molecule has 0 fully saturated rings. The lowest BCUT2D eigenvalue weighted by molar-refractivity contribution is -0.127. The summed E-state index contributed by atoms with van der Waals surface area (Å²) in [6, 6.07) is 31.0. The van der Waals surface area contributed by atoms with Gasteiger partial charge in [-0.1, -0.05) is 48.0 Å².